The van der Waals surface area contributed by atoms with E-state index in [9.17, 15) is 0 Å². The molecule has 18 heavy (non-hydrogen) atoms. The van der Waals surface area contributed by atoms with Crippen LogP contribution in [-0.2, 0) is 12.8 Å². The molecule has 3 rings (SSSR count). The summed E-state index contributed by atoms with van der Waals surface area (Å²) in [5, 5.41) is 0. The van der Waals surface area contributed by atoms with Crippen molar-refractivity contribution in [3.63, 3.8) is 0 Å². The summed E-state index contributed by atoms with van der Waals surface area (Å²) in [6.45, 7) is 0. The highest BCUT2D eigenvalue weighted by atomic mass is 35.5. The van der Waals surface area contributed by atoms with Crippen LogP contribution in [0.4, 0.5) is 0 Å². The van der Waals surface area contributed by atoms with Crippen LogP contribution in [0.15, 0.2) is 36.4 Å². The number of aryl methyl sites for hydroxylation is 1. The van der Waals surface area contributed by atoms with Crippen molar-refractivity contribution in [1.29, 1.82) is 0 Å². The molecule has 0 spiro atoms. The van der Waals surface area contributed by atoms with E-state index in [1.165, 1.54) is 28.8 Å². The molecule has 0 fully saturated rings. The first kappa shape index (κ1) is 12.2. The zero-order chi connectivity index (χ0) is 12.5. The average Bonchev–Trinajstić information content (AvgIpc) is 2.95. The van der Waals surface area contributed by atoms with Gasteiger partial charge in [-0.15, -0.1) is 11.3 Å². The van der Waals surface area contributed by atoms with Gasteiger partial charge in [-0.05, 0) is 48.4 Å². The van der Waals surface area contributed by atoms with Crippen LogP contribution in [0.2, 0.25) is 4.34 Å². The Labute approximate surface area is 117 Å². The lowest BCUT2D eigenvalue weighted by Gasteiger charge is -2.19. The number of rotatable bonds is 3. The van der Waals surface area contributed by atoms with Crippen molar-refractivity contribution in [2.45, 2.75) is 31.2 Å². The summed E-state index contributed by atoms with van der Waals surface area (Å²) in [5.74, 6) is 0.502. The third-order valence-corrected chi connectivity index (χ3v) is 5.02. The van der Waals surface area contributed by atoms with E-state index >= 15 is 0 Å². The number of hydrogen-bond acceptors (Lipinski definition) is 2. The van der Waals surface area contributed by atoms with Crippen LogP contribution in [0.5, 0.6) is 0 Å². The minimum Gasteiger partial charge on any atom is -0.327 e. The Balaban J connectivity index is 1.76. The van der Waals surface area contributed by atoms with Crippen molar-refractivity contribution >= 4 is 22.9 Å². The molecule has 2 atom stereocenters. The maximum Gasteiger partial charge on any atom is 0.0931 e. The fraction of sp³-hybridized carbons (Fsp3) is 0.333. The Hall–Kier alpha value is -0.830. The molecule has 0 aliphatic heterocycles. The summed E-state index contributed by atoms with van der Waals surface area (Å²) in [4.78, 5) is 1.29. The summed E-state index contributed by atoms with van der Waals surface area (Å²) in [7, 11) is 0. The summed E-state index contributed by atoms with van der Waals surface area (Å²) < 4.78 is 0.851. The molecule has 2 N–H and O–H groups in total. The van der Waals surface area contributed by atoms with Crippen LogP contribution in [0.3, 0.4) is 0 Å². The smallest absolute Gasteiger partial charge is 0.0931 e. The van der Waals surface area contributed by atoms with E-state index in [4.69, 9.17) is 17.3 Å². The van der Waals surface area contributed by atoms with Crippen molar-refractivity contribution in [3.8, 4) is 0 Å². The highest BCUT2D eigenvalue weighted by Crippen LogP contribution is 2.36. The monoisotopic (exact) mass is 277 g/mol. The molecule has 0 bridgehead atoms. The highest BCUT2D eigenvalue weighted by molar-refractivity contribution is 7.16. The number of fused-ring (bicyclic) bond motifs is 1. The standard InChI is InChI=1S/C15H16ClNS/c16-15-8-6-11(18-15)9-14(17)13-7-5-10-3-1-2-4-12(10)13/h1-4,6,8,13-14H,5,7,9,17H2. The molecule has 0 saturated heterocycles. The van der Waals surface area contributed by atoms with Gasteiger partial charge < -0.3 is 5.73 Å². The van der Waals surface area contributed by atoms with E-state index < -0.39 is 0 Å². The van der Waals surface area contributed by atoms with E-state index in [1.54, 1.807) is 11.3 Å². The molecule has 0 radical (unpaired) electrons. The Kier molecular flexibility index (Phi) is 3.42. The SMILES string of the molecule is NC(Cc1ccc(Cl)s1)C1CCc2ccccc21. The Morgan fingerprint density at radius 1 is 1.28 bits per heavy atom. The van der Waals surface area contributed by atoms with Gasteiger partial charge in [0.2, 0.25) is 0 Å². The predicted molar refractivity (Wildman–Crippen MR) is 78.5 cm³/mol. The van der Waals surface area contributed by atoms with Crippen LogP contribution >= 0.6 is 22.9 Å². The molecule has 1 aliphatic rings. The summed E-state index contributed by atoms with van der Waals surface area (Å²) in [5.41, 5.74) is 9.32. The Bertz CT molecular complexity index is 549. The van der Waals surface area contributed by atoms with Gasteiger partial charge in [0.1, 0.15) is 0 Å². The fourth-order valence-electron chi connectivity index (χ4n) is 2.87. The van der Waals surface area contributed by atoms with Gasteiger partial charge >= 0.3 is 0 Å². The molecule has 2 aromatic rings. The summed E-state index contributed by atoms with van der Waals surface area (Å²) in [6, 6.07) is 12.9. The van der Waals surface area contributed by atoms with Gasteiger partial charge in [0.15, 0.2) is 0 Å². The second-order valence-corrected chi connectivity index (χ2v) is 6.72. The van der Waals surface area contributed by atoms with Crippen molar-refractivity contribution in [2.24, 2.45) is 5.73 Å². The Morgan fingerprint density at radius 3 is 2.89 bits per heavy atom. The largest absolute Gasteiger partial charge is 0.327 e. The minimum atomic E-state index is 0.198. The Morgan fingerprint density at radius 2 is 2.11 bits per heavy atom. The first-order chi connectivity index (χ1) is 8.74. The van der Waals surface area contributed by atoms with E-state index in [0.29, 0.717) is 5.92 Å². The van der Waals surface area contributed by atoms with Gasteiger partial charge in [0.05, 0.1) is 4.34 Å². The van der Waals surface area contributed by atoms with Crippen LogP contribution in [0.1, 0.15) is 28.3 Å². The first-order valence-electron chi connectivity index (χ1n) is 6.31. The maximum absolute atomic E-state index is 6.40. The number of benzene rings is 1. The summed E-state index contributed by atoms with van der Waals surface area (Å²) in [6.07, 6.45) is 3.27. The second kappa shape index (κ2) is 5.04. The van der Waals surface area contributed by atoms with E-state index in [2.05, 4.69) is 30.3 Å². The zero-order valence-corrected chi connectivity index (χ0v) is 11.7. The lowest BCUT2D eigenvalue weighted by Crippen LogP contribution is -2.29. The fourth-order valence-corrected chi connectivity index (χ4v) is 4.03. The van der Waals surface area contributed by atoms with Gasteiger partial charge in [-0.3, -0.25) is 0 Å². The molecule has 0 amide bonds. The van der Waals surface area contributed by atoms with Crippen molar-refractivity contribution in [2.75, 3.05) is 0 Å². The van der Waals surface area contributed by atoms with E-state index in [-0.39, 0.29) is 6.04 Å². The lowest BCUT2D eigenvalue weighted by atomic mass is 9.91. The maximum atomic E-state index is 6.40. The molecule has 2 unspecified atom stereocenters. The quantitative estimate of drug-likeness (QED) is 0.902. The minimum absolute atomic E-state index is 0.198. The number of nitrogens with two attached hydrogens (primary N) is 1. The third kappa shape index (κ3) is 2.33. The first-order valence-corrected chi connectivity index (χ1v) is 7.51. The van der Waals surface area contributed by atoms with Crippen molar-refractivity contribution in [1.82, 2.24) is 0 Å². The predicted octanol–water partition coefficient (Wildman–Crippen LogP) is 4.00. The molecular weight excluding hydrogens is 262 g/mol. The number of hydrogen-bond donors (Lipinski definition) is 1. The van der Waals surface area contributed by atoms with Crippen LogP contribution in [0.25, 0.3) is 0 Å². The van der Waals surface area contributed by atoms with Crippen molar-refractivity contribution in [3.05, 3.63) is 56.7 Å². The second-order valence-electron chi connectivity index (χ2n) is 4.92. The molecule has 0 saturated carbocycles. The van der Waals surface area contributed by atoms with Gasteiger partial charge in [-0.25, -0.2) is 0 Å². The normalized spacial score (nSPS) is 19.8. The van der Waals surface area contributed by atoms with E-state index in [0.717, 1.165) is 10.8 Å². The molecule has 1 aromatic heterocycles. The van der Waals surface area contributed by atoms with E-state index in [1.807, 2.05) is 6.07 Å². The molecule has 1 heterocycles. The van der Waals surface area contributed by atoms with Gasteiger partial charge in [0, 0.05) is 10.9 Å². The topological polar surface area (TPSA) is 26.0 Å². The molecule has 94 valence electrons. The van der Waals surface area contributed by atoms with Crippen LogP contribution in [-0.4, -0.2) is 6.04 Å². The molecule has 1 nitrogen and oxygen atoms in total. The molecule has 3 heteroatoms. The van der Waals surface area contributed by atoms with Crippen LogP contribution in [0, 0.1) is 0 Å². The third-order valence-electron chi connectivity index (χ3n) is 3.76. The van der Waals surface area contributed by atoms with Gasteiger partial charge in [-0.2, -0.15) is 0 Å². The molecular formula is C15H16ClNS. The average molecular weight is 278 g/mol. The molecule has 1 aromatic carbocycles. The molecule has 1 aliphatic carbocycles. The lowest BCUT2D eigenvalue weighted by molar-refractivity contribution is 0.528. The van der Waals surface area contributed by atoms with Gasteiger partial charge in [-0.1, -0.05) is 35.9 Å². The van der Waals surface area contributed by atoms with Gasteiger partial charge in [0.25, 0.3) is 0 Å². The number of thiophene rings is 1. The highest BCUT2D eigenvalue weighted by Gasteiger charge is 2.27. The van der Waals surface area contributed by atoms with Crippen LogP contribution < -0.4 is 5.73 Å². The number of halogens is 1. The zero-order valence-electron chi connectivity index (χ0n) is 10.1. The summed E-state index contributed by atoms with van der Waals surface area (Å²) >= 11 is 7.60. The van der Waals surface area contributed by atoms with Crippen molar-refractivity contribution < 1.29 is 0 Å².